The van der Waals surface area contributed by atoms with E-state index >= 15 is 8.78 Å². The Morgan fingerprint density at radius 1 is 0.887 bits per heavy atom. The van der Waals surface area contributed by atoms with E-state index in [0.29, 0.717) is 37.9 Å². The van der Waals surface area contributed by atoms with Crippen molar-refractivity contribution in [3.63, 3.8) is 0 Å². The molecule has 10 nitrogen and oxygen atoms in total. The lowest BCUT2D eigenvalue weighted by Gasteiger charge is -2.27. The van der Waals surface area contributed by atoms with Gasteiger partial charge in [-0.1, -0.05) is 48.9 Å². The van der Waals surface area contributed by atoms with Crippen molar-refractivity contribution < 1.29 is 58.0 Å². The minimum absolute atomic E-state index is 0.00924. The van der Waals surface area contributed by atoms with Gasteiger partial charge >= 0.3 is 5.97 Å². The second-order valence-electron chi connectivity index (χ2n) is 13.2. The lowest BCUT2D eigenvalue weighted by Crippen LogP contribution is -2.32. The van der Waals surface area contributed by atoms with Crippen LogP contribution < -0.4 is 4.90 Å². The second kappa shape index (κ2) is 17.8. The van der Waals surface area contributed by atoms with Gasteiger partial charge in [-0.15, -0.1) is 0 Å². The second-order valence-corrected chi connectivity index (χ2v) is 16.3. The summed E-state index contributed by atoms with van der Waals surface area (Å²) >= 11 is 0. The quantitative estimate of drug-likeness (QED) is 0.0287. The first kappa shape index (κ1) is 41.6. The number of halogens is 4. The van der Waals surface area contributed by atoms with Crippen molar-refractivity contribution in [2.24, 2.45) is 0 Å². The third-order valence-electron chi connectivity index (χ3n) is 9.28. The van der Waals surface area contributed by atoms with Crippen molar-refractivity contribution in [3.05, 3.63) is 101 Å². The summed E-state index contributed by atoms with van der Waals surface area (Å²) in [5.74, 6) is -9.10. The number of hydrogen-bond donors (Lipinski definition) is 2. The minimum atomic E-state index is -4.31. The fraction of sp³-hybridized carbons (Fsp3) is 0.405. The Kier molecular flexibility index (Phi) is 14.0. The molecule has 2 N–H and O–H groups in total. The van der Waals surface area contributed by atoms with Gasteiger partial charge in [0.1, 0.15) is 6.54 Å². The number of aliphatic carboxylic acids is 1. The number of rotatable bonds is 19. The maximum Gasteiger partial charge on any atom is 0.303 e. The molecule has 0 saturated heterocycles. The van der Waals surface area contributed by atoms with E-state index in [0.717, 1.165) is 16.8 Å². The topological polar surface area (TPSA) is 155 Å². The van der Waals surface area contributed by atoms with E-state index in [2.05, 4.69) is 0 Å². The Bertz CT molecular complexity index is 2080. The molecule has 2 aromatic rings. The van der Waals surface area contributed by atoms with E-state index in [4.69, 9.17) is 5.11 Å². The number of hydrogen-bond acceptors (Lipinski definition) is 7. The zero-order valence-electron chi connectivity index (χ0n) is 29.1. The van der Waals surface area contributed by atoms with Crippen molar-refractivity contribution >= 4 is 48.9 Å². The number of carbonyl (C=O) groups is 1. The molecular weight excluding hydrogens is 741 g/mol. The standard InChI is InChI=1S/C37H42F4N2O8S2/c1-37(20-9-12-24-52(46,47)48)29(43(22-10-3-6-18-30(44)45)36-31(37)32(38)33(39)34(40)35(36)41)17-5-2-4-14-26-19-23-42(21-11-13-25-53(49,50)51)28-16-8-7-15-27(26)28/h2,4-5,7-8,14-17,19,23H,3,6,9-13,18,20-22,24-25H2,1H3,(H2-,44,45,46,47,48,49,50,51). The molecule has 1 unspecified atom stereocenters. The summed E-state index contributed by atoms with van der Waals surface area (Å²) in [7, 11) is -8.60. The molecule has 0 saturated carbocycles. The highest BCUT2D eigenvalue weighted by Gasteiger charge is 2.53. The molecule has 0 spiro atoms. The first-order chi connectivity index (χ1) is 24.9. The first-order valence-electron chi connectivity index (χ1n) is 17.2. The average Bonchev–Trinajstić information content (AvgIpc) is 3.33. The van der Waals surface area contributed by atoms with Crippen LogP contribution in [0.4, 0.5) is 28.9 Å². The Hall–Kier alpha value is -4.12. The molecule has 0 radical (unpaired) electrons. The third kappa shape index (κ3) is 10.7. The number of anilines is 1. The fourth-order valence-electron chi connectivity index (χ4n) is 6.75. The van der Waals surface area contributed by atoms with Crippen LogP contribution in [-0.2, 0) is 30.4 Å². The number of allylic oxidation sites excluding steroid dienone is 7. The highest BCUT2D eigenvalue weighted by Crippen LogP contribution is 2.48. The van der Waals surface area contributed by atoms with E-state index in [1.807, 2.05) is 47.5 Å². The Morgan fingerprint density at radius 2 is 1.58 bits per heavy atom. The van der Waals surface area contributed by atoms with Gasteiger partial charge in [-0.25, -0.2) is 21.6 Å². The molecular formula is C37H42F4N2O8S2. The summed E-state index contributed by atoms with van der Waals surface area (Å²) in [6.45, 7) is 2.05. The third-order valence-corrected chi connectivity index (χ3v) is 10.9. The van der Waals surface area contributed by atoms with Crippen LogP contribution in [0.15, 0.2) is 66.9 Å². The molecule has 1 atom stereocenters. The molecule has 0 amide bonds. The predicted molar refractivity (Wildman–Crippen MR) is 193 cm³/mol. The molecule has 16 heteroatoms. The zero-order chi connectivity index (χ0) is 39.0. The highest BCUT2D eigenvalue weighted by molar-refractivity contribution is 7.85. The van der Waals surface area contributed by atoms with Crippen molar-refractivity contribution in [3.8, 4) is 0 Å². The molecule has 0 aromatic heterocycles. The number of carboxylic acids is 1. The van der Waals surface area contributed by atoms with Crippen molar-refractivity contribution in [2.75, 3.05) is 29.5 Å². The summed E-state index contributed by atoms with van der Waals surface area (Å²) in [5.41, 5.74) is 0.548. The van der Waals surface area contributed by atoms with Gasteiger partial charge in [-0.3, -0.25) is 9.35 Å². The van der Waals surface area contributed by atoms with Gasteiger partial charge in [0.25, 0.3) is 15.8 Å². The maximum absolute atomic E-state index is 15.6. The van der Waals surface area contributed by atoms with Crippen molar-refractivity contribution in [2.45, 2.75) is 70.1 Å². The number of para-hydroxylation sites is 1. The van der Waals surface area contributed by atoms with Crippen LogP contribution in [0.1, 0.15) is 75.8 Å². The summed E-state index contributed by atoms with van der Waals surface area (Å²) in [6, 6.07) is 7.55. The van der Waals surface area contributed by atoms with Crippen LogP contribution in [-0.4, -0.2) is 71.9 Å². The number of fused-ring (bicyclic) bond motifs is 2. The number of nitrogens with zero attached hydrogens (tertiary/aromatic N) is 2. The van der Waals surface area contributed by atoms with Gasteiger partial charge in [-0.2, -0.15) is 17.4 Å². The molecule has 0 fully saturated rings. The summed E-state index contributed by atoms with van der Waals surface area (Å²) in [6.07, 6.45) is 13.8. The number of unbranched alkanes of at least 4 members (excludes halogenated alkanes) is 4. The highest BCUT2D eigenvalue weighted by atomic mass is 32.2. The van der Waals surface area contributed by atoms with Gasteiger partial charge in [-0.05, 0) is 63.2 Å². The van der Waals surface area contributed by atoms with Crippen LogP contribution >= 0.6 is 0 Å². The molecule has 0 aliphatic carbocycles. The van der Waals surface area contributed by atoms with E-state index in [9.17, 15) is 39.5 Å². The van der Waals surface area contributed by atoms with Gasteiger partial charge in [0.05, 0.1) is 26.8 Å². The zero-order valence-corrected chi connectivity index (χ0v) is 30.7. The lowest BCUT2D eigenvalue weighted by molar-refractivity contribution is -0.441. The van der Waals surface area contributed by atoms with Crippen LogP contribution in [0.5, 0.6) is 0 Å². The normalized spacial score (nSPS) is 18.2. The number of benzene rings is 2. The van der Waals surface area contributed by atoms with Crippen molar-refractivity contribution in [1.29, 1.82) is 0 Å². The van der Waals surface area contributed by atoms with Gasteiger partial charge in [0.15, 0.2) is 17.3 Å². The summed E-state index contributed by atoms with van der Waals surface area (Å²) in [5, 5.41) is 9.00. The van der Waals surface area contributed by atoms with E-state index in [-0.39, 0.29) is 38.6 Å². The van der Waals surface area contributed by atoms with Crippen LogP contribution in [0.2, 0.25) is 0 Å². The molecule has 2 heterocycles. The smallest absolute Gasteiger partial charge is 0.303 e. The summed E-state index contributed by atoms with van der Waals surface area (Å²) < 4.78 is 127. The fourth-order valence-corrected chi connectivity index (χ4v) is 7.88. The Balaban J connectivity index is 1.66. The monoisotopic (exact) mass is 782 g/mol. The maximum atomic E-state index is 15.6. The molecule has 2 aromatic carbocycles. The average molecular weight is 783 g/mol. The summed E-state index contributed by atoms with van der Waals surface area (Å²) in [4.78, 5) is 13.0. The van der Waals surface area contributed by atoms with Gasteiger partial charge < -0.3 is 14.6 Å². The van der Waals surface area contributed by atoms with Crippen LogP contribution in [0.25, 0.3) is 5.57 Å². The van der Waals surface area contributed by atoms with Crippen LogP contribution in [0, 0.1) is 23.3 Å². The Labute approximate surface area is 307 Å². The molecule has 288 valence electrons. The largest absolute Gasteiger partial charge is 0.748 e. The van der Waals surface area contributed by atoms with Gasteiger partial charge in [0, 0.05) is 48.7 Å². The molecule has 4 rings (SSSR count). The molecule has 2 aliphatic rings. The molecule has 2 aliphatic heterocycles. The molecule has 0 bridgehead atoms. The number of carboxylic acid groups (broad SMARTS) is 1. The molecule has 53 heavy (non-hydrogen) atoms. The van der Waals surface area contributed by atoms with Gasteiger partial charge in [0.2, 0.25) is 11.6 Å². The lowest BCUT2D eigenvalue weighted by atomic mass is 9.75. The van der Waals surface area contributed by atoms with E-state index < -0.39 is 77.6 Å². The Morgan fingerprint density at radius 3 is 2.28 bits per heavy atom. The minimum Gasteiger partial charge on any atom is -0.748 e. The first-order valence-corrected chi connectivity index (χ1v) is 20.3. The van der Waals surface area contributed by atoms with Crippen LogP contribution in [0.3, 0.4) is 0 Å². The SMILES string of the molecule is CC1(CCCCS(=O)(=O)O)C(/C=C/C=C/C=C2\C=CN(CCCCS(=O)(=O)[O-])c3ccccc32)=[N+](CCCCCC(=O)O)c2c(F)c(F)c(F)c(F)c21. The van der Waals surface area contributed by atoms with E-state index in [1.54, 1.807) is 24.3 Å². The van der Waals surface area contributed by atoms with E-state index in [1.165, 1.54) is 11.5 Å². The van der Waals surface area contributed by atoms with Crippen molar-refractivity contribution in [1.82, 2.24) is 0 Å². The predicted octanol–water partition coefficient (Wildman–Crippen LogP) is 7.16.